The van der Waals surface area contributed by atoms with Crippen molar-refractivity contribution < 1.29 is 0 Å². The van der Waals surface area contributed by atoms with Crippen molar-refractivity contribution in [3.63, 3.8) is 0 Å². The first-order valence-electron chi connectivity index (χ1n) is 6.01. The van der Waals surface area contributed by atoms with Gasteiger partial charge in [-0.1, -0.05) is 32.9 Å². The molecule has 2 heteroatoms. The second-order valence-corrected chi connectivity index (χ2v) is 4.76. The largest absolute Gasteiger partial charge is 0.267 e. The van der Waals surface area contributed by atoms with Crippen LogP contribution in [0.15, 0.2) is 12.1 Å². The lowest BCUT2D eigenvalue weighted by molar-refractivity contribution is 0.727. The lowest BCUT2D eigenvalue weighted by Crippen LogP contribution is -1.95. The van der Waals surface area contributed by atoms with Crippen LogP contribution in [0.25, 0.3) is 10.9 Å². The van der Waals surface area contributed by atoms with Crippen molar-refractivity contribution in [2.24, 2.45) is 7.05 Å². The summed E-state index contributed by atoms with van der Waals surface area (Å²) in [6, 6.07) is 4.47. The minimum absolute atomic E-state index is 0.482. The van der Waals surface area contributed by atoms with E-state index in [1.54, 1.807) is 0 Å². The monoisotopic (exact) mass is 216 g/mol. The van der Waals surface area contributed by atoms with Gasteiger partial charge >= 0.3 is 0 Å². The zero-order valence-corrected chi connectivity index (χ0v) is 10.8. The lowest BCUT2D eigenvalue weighted by Gasteiger charge is -2.06. The van der Waals surface area contributed by atoms with Crippen LogP contribution in [0.2, 0.25) is 0 Å². The second-order valence-electron chi connectivity index (χ2n) is 4.76. The standard InChI is InChI=1S/C14H20N2/c1-6-11-7-8-12-13(9(2)3)15-16(5)14(12)10(11)4/h7-9H,6H2,1-5H3. The summed E-state index contributed by atoms with van der Waals surface area (Å²) in [4.78, 5) is 0. The first-order chi connectivity index (χ1) is 7.56. The van der Waals surface area contributed by atoms with Gasteiger partial charge in [-0.2, -0.15) is 5.10 Å². The predicted octanol–water partition coefficient (Wildman–Crippen LogP) is 3.57. The number of rotatable bonds is 2. The average Bonchev–Trinajstić information content (AvgIpc) is 2.57. The average molecular weight is 216 g/mol. The first-order valence-corrected chi connectivity index (χ1v) is 6.01. The summed E-state index contributed by atoms with van der Waals surface area (Å²) in [6.45, 7) is 8.80. The molecule has 0 saturated carbocycles. The highest BCUT2D eigenvalue weighted by Crippen LogP contribution is 2.28. The normalized spacial score (nSPS) is 11.6. The van der Waals surface area contributed by atoms with Gasteiger partial charge in [0.15, 0.2) is 0 Å². The minimum atomic E-state index is 0.482. The summed E-state index contributed by atoms with van der Waals surface area (Å²) in [6.07, 6.45) is 1.09. The molecule has 0 bridgehead atoms. The van der Waals surface area contributed by atoms with Crippen LogP contribution in [0.3, 0.4) is 0 Å². The van der Waals surface area contributed by atoms with Crippen LogP contribution in [0.5, 0.6) is 0 Å². The van der Waals surface area contributed by atoms with E-state index in [2.05, 4.69) is 44.9 Å². The van der Waals surface area contributed by atoms with Crippen molar-refractivity contribution in [3.8, 4) is 0 Å². The maximum atomic E-state index is 4.64. The minimum Gasteiger partial charge on any atom is -0.267 e. The molecule has 1 heterocycles. The van der Waals surface area contributed by atoms with E-state index in [1.165, 1.54) is 27.7 Å². The molecule has 1 aromatic heterocycles. The molecule has 0 radical (unpaired) electrons. The molecule has 0 aliphatic carbocycles. The van der Waals surface area contributed by atoms with E-state index in [1.807, 2.05) is 11.7 Å². The summed E-state index contributed by atoms with van der Waals surface area (Å²) >= 11 is 0. The Kier molecular flexibility index (Phi) is 2.75. The predicted molar refractivity (Wildman–Crippen MR) is 68.9 cm³/mol. The molecule has 0 atom stereocenters. The fourth-order valence-corrected chi connectivity index (χ4v) is 2.44. The van der Waals surface area contributed by atoms with Gasteiger partial charge in [0.25, 0.3) is 0 Å². The molecule has 0 spiro atoms. The summed E-state index contributed by atoms with van der Waals surface area (Å²) in [5.41, 5.74) is 5.30. The topological polar surface area (TPSA) is 17.8 Å². The molecular weight excluding hydrogens is 196 g/mol. The molecule has 0 fully saturated rings. The molecule has 0 aliphatic heterocycles. The maximum Gasteiger partial charge on any atom is 0.0728 e. The molecule has 1 aromatic carbocycles. The van der Waals surface area contributed by atoms with Gasteiger partial charge in [0.05, 0.1) is 11.2 Å². The van der Waals surface area contributed by atoms with E-state index < -0.39 is 0 Å². The smallest absolute Gasteiger partial charge is 0.0728 e. The lowest BCUT2D eigenvalue weighted by atomic mass is 9.99. The molecule has 0 N–H and O–H groups in total. The molecule has 0 saturated heterocycles. The number of benzene rings is 1. The number of hydrogen-bond donors (Lipinski definition) is 0. The van der Waals surface area contributed by atoms with Crippen molar-refractivity contribution in [2.75, 3.05) is 0 Å². The third-order valence-corrected chi connectivity index (χ3v) is 3.33. The van der Waals surface area contributed by atoms with Crippen molar-refractivity contribution in [1.29, 1.82) is 0 Å². The molecule has 0 aliphatic rings. The van der Waals surface area contributed by atoms with Gasteiger partial charge in [-0.05, 0) is 30.4 Å². The van der Waals surface area contributed by atoms with Gasteiger partial charge < -0.3 is 0 Å². The molecule has 0 amide bonds. The van der Waals surface area contributed by atoms with E-state index in [0.717, 1.165) is 6.42 Å². The van der Waals surface area contributed by atoms with Crippen LogP contribution >= 0.6 is 0 Å². The Hall–Kier alpha value is -1.31. The second kappa shape index (κ2) is 3.93. The molecule has 2 aromatic rings. The molecule has 2 nitrogen and oxygen atoms in total. The first kappa shape index (κ1) is 11.2. The fourth-order valence-electron chi connectivity index (χ4n) is 2.44. The summed E-state index contributed by atoms with van der Waals surface area (Å²) in [5, 5.41) is 5.95. The SMILES string of the molecule is CCc1ccc2c(C(C)C)nn(C)c2c1C. The molecule has 16 heavy (non-hydrogen) atoms. The van der Waals surface area contributed by atoms with Crippen LogP contribution in [0, 0.1) is 6.92 Å². The molecule has 86 valence electrons. The van der Waals surface area contributed by atoms with Crippen molar-refractivity contribution in [3.05, 3.63) is 29.0 Å². The van der Waals surface area contributed by atoms with Gasteiger partial charge in [0.1, 0.15) is 0 Å². The molecular formula is C14H20N2. The number of nitrogens with zero attached hydrogens (tertiary/aromatic N) is 2. The Balaban J connectivity index is 2.80. The van der Waals surface area contributed by atoms with E-state index in [0.29, 0.717) is 5.92 Å². The van der Waals surface area contributed by atoms with Crippen LogP contribution in [-0.2, 0) is 13.5 Å². The number of hydrogen-bond acceptors (Lipinski definition) is 1. The van der Waals surface area contributed by atoms with Gasteiger partial charge in [-0.3, -0.25) is 4.68 Å². The number of fused-ring (bicyclic) bond motifs is 1. The van der Waals surface area contributed by atoms with E-state index in [9.17, 15) is 0 Å². The Labute approximate surface area is 97.3 Å². The maximum absolute atomic E-state index is 4.64. The third kappa shape index (κ3) is 1.53. The molecule has 2 rings (SSSR count). The van der Waals surface area contributed by atoms with E-state index in [4.69, 9.17) is 0 Å². The highest BCUT2D eigenvalue weighted by molar-refractivity contribution is 5.86. The highest BCUT2D eigenvalue weighted by atomic mass is 15.3. The van der Waals surface area contributed by atoms with Gasteiger partial charge in [-0.15, -0.1) is 0 Å². The van der Waals surface area contributed by atoms with Crippen molar-refractivity contribution >= 4 is 10.9 Å². The zero-order valence-electron chi connectivity index (χ0n) is 10.8. The van der Waals surface area contributed by atoms with Gasteiger partial charge in [0, 0.05) is 12.4 Å². The Bertz CT molecular complexity index is 521. The number of aryl methyl sites for hydroxylation is 3. The van der Waals surface area contributed by atoms with Gasteiger partial charge in [-0.25, -0.2) is 0 Å². The Morgan fingerprint density at radius 2 is 2.00 bits per heavy atom. The van der Waals surface area contributed by atoms with Crippen LogP contribution in [-0.4, -0.2) is 9.78 Å². The zero-order chi connectivity index (χ0) is 11.9. The number of aromatic nitrogens is 2. The van der Waals surface area contributed by atoms with E-state index in [-0.39, 0.29) is 0 Å². The molecule has 0 unspecified atom stereocenters. The fraction of sp³-hybridized carbons (Fsp3) is 0.500. The van der Waals surface area contributed by atoms with Crippen LogP contribution < -0.4 is 0 Å². The van der Waals surface area contributed by atoms with E-state index >= 15 is 0 Å². The summed E-state index contributed by atoms with van der Waals surface area (Å²) in [7, 11) is 2.04. The highest BCUT2D eigenvalue weighted by Gasteiger charge is 2.14. The quantitative estimate of drug-likeness (QED) is 0.750. The van der Waals surface area contributed by atoms with Crippen LogP contribution in [0.1, 0.15) is 43.5 Å². The Morgan fingerprint density at radius 1 is 1.31 bits per heavy atom. The van der Waals surface area contributed by atoms with Crippen molar-refractivity contribution in [2.45, 2.75) is 40.0 Å². The van der Waals surface area contributed by atoms with Crippen molar-refractivity contribution in [1.82, 2.24) is 9.78 Å². The van der Waals surface area contributed by atoms with Crippen LogP contribution in [0.4, 0.5) is 0 Å². The third-order valence-electron chi connectivity index (χ3n) is 3.33. The summed E-state index contributed by atoms with van der Waals surface area (Å²) in [5.74, 6) is 0.482. The Morgan fingerprint density at radius 3 is 2.56 bits per heavy atom. The summed E-state index contributed by atoms with van der Waals surface area (Å²) < 4.78 is 2.03. The van der Waals surface area contributed by atoms with Gasteiger partial charge in [0.2, 0.25) is 0 Å².